The molecule has 3 aromatic heterocycles. The lowest BCUT2D eigenvalue weighted by Crippen LogP contribution is -1.96. The minimum absolute atomic E-state index is 0.810. The summed E-state index contributed by atoms with van der Waals surface area (Å²) < 4.78 is 1.86. The summed E-state index contributed by atoms with van der Waals surface area (Å²) in [6, 6.07) is 20.0. The Morgan fingerprint density at radius 3 is 2.58 bits per heavy atom. The van der Waals surface area contributed by atoms with Crippen LogP contribution in [0.5, 0.6) is 0 Å². The SMILES string of the molecule is c1ccc(-c2ccc3ncc(-c4ccc5n[nH]nc5c4)n3n2)cc1. The van der Waals surface area contributed by atoms with Crippen LogP contribution in [0.25, 0.3) is 39.2 Å². The Morgan fingerprint density at radius 2 is 1.67 bits per heavy atom. The Morgan fingerprint density at radius 1 is 0.792 bits per heavy atom. The quantitative estimate of drug-likeness (QED) is 0.542. The Bertz CT molecular complexity index is 1160. The van der Waals surface area contributed by atoms with E-state index in [2.05, 4.69) is 20.4 Å². The molecule has 6 heteroatoms. The van der Waals surface area contributed by atoms with Crippen molar-refractivity contribution in [3.63, 3.8) is 0 Å². The largest absolute Gasteiger partial charge is 0.235 e. The fraction of sp³-hybridized carbons (Fsp3) is 0. The van der Waals surface area contributed by atoms with Gasteiger partial charge in [-0.1, -0.05) is 36.4 Å². The first kappa shape index (κ1) is 13.0. The molecule has 6 nitrogen and oxygen atoms in total. The lowest BCUT2D eigenvalue weighted by molar-refractivity contribution is 0.949. The van der Waals surface area contributed by atoms with Crippen LogP contribution < -0.4 is 0 Å². The van der Waals surface area contributed by atoms with Gasteiger partial charge in [-0.15, -0.1) is 0 Å². The van der Waals surface area contributed by atoms with Gasteiger partial charge >= 0.3 is 0 Å². The molecule has 0 atom stereocenters. The second-order valence-electron chi connectivity index (χ2n) is 5.53. The highest BCUT2D eigenvalue weighted by Gasteiger charge is 2.10. The van der Waals surface area contributed by atoms with E-state index in [-0.39, 0.29) is 0 Å². The number of imidazole rings is 1. The molecule has 0 saturated heterocycles. The Kier molecular flexibility index (Phi) is 2.69. The molecule has 0 aliphatic rings. The Labute approximate surface area is 136 Å². The van der Waals surface area contributed by atoms with E-state index in [9.17, 15) is 0 Å². The van der Waals surface area contributed by atoms with Crippen LogP contribution in [-0.2, 0) is 0 Å². The summed E-state index contributed by atoms with van der Waals surface area (Å²) in [5.74, 6) is 0. The molecule has 0 unspecified atom stereocenters. The van der Waals surface area contributed by atoms with E-state index in [0.29, 0.717) is 0 Å². The average molecular weight is 312 g/mol. The molecule has 0 aliphatic heterocycles. The summed E-state index contributed by atoms with van der Waals surface area (Å²) in [6.45, 7) is 0. The highest BCUT2D eigenvalue weighted by Crippen LogP contribution is 2.24. The highest BCUT2D eigenvalue weighted by molar-refractivity contribution is 5.80. The van der Waals surface area contributed by atoms with Gasteiger partial charge in [0.2, 0.25) is 0 Å². The fourth-order valence-electron chi connectivity index (χ4n) is 2.83. The lowest BCUT2D eigenvalue weighted by Gasteiger charge is -2.04. The van der Waals surface area contributed by atoms with Crippen LogP contribution in [-0.4, -0.2) is 30.0 Å². The fourth-order valence-corrected chi connectivity index (χ4v) is 2.83. The summed E-state index contributed by atoms with van der Waals surface area (Å²) in [6.07, 6.45) is 1.83. The van der Waals surface area contributed by atoms with Crippen molar-refractivity contribution in [2.45, 2.75) is 0 Å². The van der Waals surface area contributed by atoms with Gasteiger partial charge in [-0.05, 0) is 24.3 Å². The summed E-state index contributed by atoms with van der Waals surface area (Å²) in [5, 5.41) is 15.6. The van der Waals surface area contributed by atoms with Crippen LogP contribution in [0.1, 0.15) is 0 Å². The van der Waals surface area contributed by atoms with Gasteiger partial charge in [-0.3, -0.25) is 0 Å². The van der Waals surface area contributed by atoms with Crippen LogP contribution in [0.3, 0.4) is 0 Å². The Balaban J connectivity index is 1.71. The lowest BCUT2D eigenvalue weighted by atomic mass is 10.1. The van der Waals surface area contributed by atoms with E-state index in [1.807, 2.05) is 71.4 Å². The molecule has 0 radical (unpaired) electrons. The molecule has 0 saturated carbocycles. The van der Waals surface area contributed by atoms with Crippen molar-refractivity contribution in [3.05, 3.63) is 66.9 Å². The maximum absolute atomic E-state index is 4.76. The first-order valence-electron chi connectivity index (χ1n) is 7.60. The molecule has 3 heterocycles. The van der Waals surface area contributed by atoms with E-state index < -0.39 is 0 Å². The molecule has 24 heavy (non-hydrogen) atoms. The average Bonchev–Trinajstić information content (AvgIpc) is 3.27. The first-order chi connectivity index (χ1) is 11.9. The number of benzene rings is 2. The van der Waals surface area contributed by atoms with Gasteiger partial charge < -0.3 is 0 Å². The zero-order valence-electron chi connectivity index (χ0n) is 12.6. The number of hydrogen-bond acceptors (Lipinski definition) is 4. The third kappa shape index (κ3) is 1.97. The molecule has 0 amide bonds. The predicted molar refractivity (Wildman–Crippen MR) is 91.3 cm³/mol. The molecule has 0 aliphatic carbocycles. The molecule has 1 N–H and O–H groups in total. The zero-order valence-corrected chi connectivity index (χ0v) is 12.6. The van der Waals surface area contributed by atoms with Crippen molar-refractivity contribution in [2.24, 2.45) is 0 Å². The number of rotatable bonds is 2. The number of nitrogens with zero attached hydrogens (tertiary/aromatic N) is 5. The summed E-state index contributed by atoms with van der Waals surface area (Å²) in [5.41, 5.74) is 6.38. The second-order valence-corrected chi connectivity index (χ2v) is 5.53. The predicted octanol–water partition coefficient (Wildman–Crippen LogP) is 3.33. The monoisotopic (exact) mass is 312 g/mol. The second kappa shape index (κ2) is 4.99. The highest BCUT2D eigenvalue weighted by atomic mass is 15.3. The van der Waals surface area contributed by atoms with Gasteiger partial charge in [0.1, 0.15) is 11.0 Å². The smallest absolute Gasteiger partial charge is 0.154 e. The number of aromatic nitrogens is 6. The Hall–Kier alpha value is -3.54. The number of aromatic amines is 1. The van der Waals surface area contributed by atoms with Crippen molar-refractivity contribution >= 4 is 16.7 Å². The molecule has 5 rings (SSSR count). The van der Waals surface area contributed by atoms with Gasteiger partial charge in [-0.25, -0.2) is 9.50 Å². The molecule has 0 fully saturated rings. The molecule has 114 valence electrons. The minimum atomic E-state index is 0.810. The van der Waals surface area contributed by atoms with Crippen molar-refractivity contribution in [3.8, 4) is 22.5 Å². The minimum Gasteiger partial charge on any atom is -0.235 e. The van der Waals surface area contributed by atoms with Crippen molar-refractivity contribution in [2.75, 3.05) is 0 Å². The van der Waals surface area contributed by atoms with Crippen molar-refractivity contribution in [1.82, 2.24) is 30.0 Å². The molecular weight excluding hydrogens is 300 g/mol. The van der Waals surface area contributed by atoms with Gasteiger partial charge in [0, 0.05) is 11.1 Å². The summed E-state index contributed by atoms with van der Waals surface area (Å²) in [7, 11) is 0. The van der Waals surface area contributed by atoms with Crippen LogP contribution in [0, 0.1) is 0 Å². The zero-order chi connectivity index (χ0) is 15.9. The third-order valence-electron chi connectivity index (χ3n) is 4.04. The van der Waals surface area contributed by atoms with Gasteiger partial charge in [-0.2, -0.15) is 20.5 Å². The number of fused-ring (bicyclic) bond motifs is 2. The number of nitrogens with one attached hydrogen (secondary N) is 1. The van der Waals surface area contributed by atoms with E-state index in [1.165, 1.54) is 0 Å². The normalized spacial score (nSPS) is 11.3. The first-order valence-corrected chi connectivity index (χ1v) is 7.60. The van der Waals surface area contributed by atoms with Crippen LogP contribution >= 0.6 is 0 Å². The van der Waals surface area contributed by atoms with E-state index in [4.69, 9.17) is 5.10 Å². The molecule has 0 spiro atoms. The molecule has 5 aromatic rings. The van der Waals surface area contributed by atoms with Crippen LogP contribution in [0.2, 0.25) is 0 Å². The van der Waals surface area contributed by atoms with Crippen LogP contribution in [0.15, 0.2) is 66.9 Å². The van der Waals surface area contributed by atoms with E-state index in [0.717, 1.165) is 39.2 Å². The number of hydrogen-bond donors (Lipinski definition) is 1. The summed E-state index contributed by atoms with van der Waals surface area (Å²) >= 11 is 0. The van der Waals surface area contributed by atoms with Crippen molar-refractivity contribution < 1.29 is 0 Å². The maximum Gasteiger partial charge on any atom is 0.154 e. The van der Waals surface area contributed by atoms with Gasteiger partial charge in [0.15, 0.2) is 5.65 Å². The van der Waals surface area contributed by atoms with Gasteiger partial charge in [0.25, 0.3) is 0 Å². The van der Waals surface area contributed by atoms with Crippen LogP contribution in [0.4, 0.5) is 0 Å². The van der Waals surface area contributed by atoms with E-state index in [1.54, 1.807) is 0 Å². The maximum atomic E-state index is 4.76. The van der Waals surface area contributed by atoms with Crippen molar-refractivity contribution in [1.29, 1.82) is 0 Å². The summed E-state index contributed by atoms with van der Waals surface area (Å²) in [4.78, 5) is 4.45. The van der Waals surface area contributed by atoms with E-state index >= 15 is 0 Å². The molecule has 2 aromatic carbocycles. The topological polar surface area (TPSA) is 71.8 Å². The standard InChI is InChI=1S/C18H12N6/c1-2-4-12(5-3-1)14-8-9-18-19-11-17(24(18)22-14)13-6-7-15-16(10-13)21-23-20-15/h1-11H,(H,20,21,23). The molecule has 0 bridgehead atoms. The molecular formula is C18H12N6. The van der Waals surface area contributed by atoms with Gasteiger partial charge in [0.05, 0.1) is 17.6 Å². The third-order valence-corrected chi connectivity index (χ3v) is 4.04. The number of H-pyrrole nitrogens is 1.